The molecule has 0 fully saturated rings. The first kappa shape index (κ1) is 16.6. The maximum absolute atomic E-state index is 10.9. The van der Waals surface area contributed by atoms with Crippen LogP contribution in [0.1, 0.15) is 24.2 Å². The van der Waals surface area contributed by atoms with E-state index >= 15 is 0 Å². The number of carboxylic acid groups (broad SMARTS) is 1. The Bertz CT molecular complexity index is 488. The molecule has 0 unspecified atom stereocenters. The molecule has 2 amide bonds. The number of rotatable bonds is 3. The van der Waals surface area contributed by atoms with Gasteiger partial charge >= 0.3 is 5.97 Å². The van der Waals surface area contributed by atoms with E-state index in [0.717, 1.165) is 0 Å². The molecule has 0 atom stereocenters. The summed E-state index contributed by atoms with van der Waals surface area (Å²) in [4.78, 5) is 32.7. The van der Waals surface area contributed by atoms with E-state index in [1.165, 1.54) is 32.0 Å². The number of hydrogen-bond acceptors (Lipinski definition) is 3. The van der Waals surface area contributed by atoms with Gasteiger partial charge in [-0.05, 0) is 18.2 Å². The van der Waals surface area contributed by atoms with Crippen LogP contribution in [0, 0.1) is 0 Å². The fraction of sp³-hybridized carbons (Fsp3) is 0.182. The van der Waals surface area contributed by atoms with Crippen LogP contribution in [0.4, 0.5) is 11.4 Å². The van der Waals surface area contributed by atoms with Crippen molar-refractivity contribution in [2.75, 3.05) is 10.6 Å². The average molecular weight is 443 g/mol. The Hall–Kier alpha value is -1.45. The molecule has 0 saturated heterocycles. The van der Waals surface area contributed by atoms with Gasteiger partial charge in [0.1, 0.15) is 0 Å². The SMILES string of the molecule is CC(=O)Nc1ccc(C(=O)O)c(NC(C)=O)c1.[Pb]. The third-order valence-electron chi connectivity index (χ3n) is 1.88. The minimum atomic E-state index is -1.15. The van der Waals surface area contributed by atoms with Crippen molar-refractivity contribution in [2.24, 2.45) is 0 Å². The molecule has 0 aromatic heterocycles. The zero-order chi connectivity index (χ0) is 13.0. The Balaban J connectivity index is 0.00000289. The van der Waals surface area contributed by atoms with Crippen LogP contribution in [-0.4, -0.2) is 50.2 Å². The van der Waals surface area contributed by atoms with Crippen molar-refractivity contribution < 1.29 is 19.5 Å². The topological polar surface area (TPSA) is 95.5 Å². The second-order valence-corrected chi connectivity index (χ2v) is 3.43. The Morgan fingerprint density at radius 3 is 2.06 bits per heavy atom. The van der Waals surface area contributed by atoms with Crippen molar-refractivity contribution in [2.45, 2.75) is 13.8 Å². The van der Waals surface area contributed by atoms with Crippen LogP contribution in [-0.2, 0) is 9.59 Å². The van der Waals surface area contributed by atoms with Crippen molar-refractivity contribution in [1.29, 1.82) is 0 Å². The third kappa shape index (κ3) is 4.82. The third-order valence-corrected chi connectivity index (χ3v) is 1.88. The number of carboxylic acids is 1. The smallest absolute Gasteiger partial charge is 0.337 e. The van der Waals surface area contributed by atoms with Crippen LogP contribution >= 0.6 is 0 Å². The first-order chi connectivity index (χ1) is 7.90. The summed E-state index contributed by atoms with van der Waals surface area (Å²) in [7, 11) is 0. The summed E-state index contributed by atoms with van der Waals surface area (Å²) in [5, 5.41) is 13.8. The van der Waals surface area contributed by atoms with Gasteiger partial charge in [0, 0.05) is 46.8 Å². The molecule has 0 spiro atoms. The first-order valence-corrected chi connectivity index (χ1v) is 4.82. The number of carbonyl (C=O) groups excluding carboxylic acids is 2. The molecule has 0 aliphatic heterocycles. The van der Waals surface area contributed by atoms with Gasteiger partial charge in [0.2, 0.25) is 11.8 Å². The minimum Gasteiger partial charge on any atom is -0.478 e. The number of nitrogens with one attached hydrogen (secondary N) is 2. The predicted octanol–water partition coefficient (Wildman–Crippen LogP) is 0.921. The number of benzene rings is 1. The molecule has 1 aromatic carbocycles. The van der Waals surface area contributed by atoms with Gasteiger partial charge in [0.15, 0.2) is 0 Å². The summed E-state index contributed by atoms with van der Waals surface area (Å²) in [5.41, 5.74) is 0.539. The van der Waals surface area contributed by atoms with E-state index in [4.69, 9.17) is 5.11 Å². The Labute approximate surface area is 124 Å². The van der Waals surface area contributed by atoms with E-state index in [0.29, 0.717) is 5.69 Å². The van der Waals surface area contributed by atoms with E-state index in [1.54, 1.807) is 0 Å². The molecule has 1 rings (SSSR count). The molecule has 0 heterocycles. The number of hydrogen-bond donors (Lipinski definition) is 3. The van der Waals surface area contributed by atoms with Crippen molar-refractivity contribution in [3.8, 4) is 0 Å². The summed E-state index contributed by atoms with van der Waals surface area (Å²) >= 11 is 0. The van der Waals surface area contributed by atoms with Crippen molar-refractivity contribution in [3.05, 3.63) is 23.8 Å². The number of aromatic carboxylic acids is 1. The van der Waals surface area contributed by atoms with Crippen molar-refractivity contribution >= 4 is 56.5 Å². The maximum Gasteiger partial charge on any atom is 0.337 e. The number of amides is 2. The molecule has 7 heteroatoms. The zero-order valence-electron chi connectivity index (χ0n) is 9.90. The minimum absolute atomic E-state index is 0. The Morgan fingerprint density at radius 1 is 1.06 bits per heavy atom. The predicted molar refractivity (Wildman–Crippen MR) is 67.8 cm³/mol. The summed E-state index contributed by atoms with van der Waals surface area (Å²) in [5.74, 6) is -1.81. The molecule has 6 nitrogen and oxygen atoms in total. The molecule has 0 saturated carbocycles. The largest absolute Gasteiger partial charge is 0.478 e. The molecule has 94 valence electrons. The molecule has 0 aliphatic rings. The molecule has 4 radical (unpaired) electrons. The number of anilines is 2. The van der Waals surface area contributed by atoms with Crippen molar-refractivity contribution in [1.82, 2.24) is 0 Å². The standard InChI is InChI=1S/C11H12N2O4.Pb/c1-6(14)12-8-3-4-9(11(16)17)10(5-8)13-7(2)15;/h3-5H,1-2H3,(H,12,14)(H,13,15)(H,16,17);. The molecule has 0 bridgehead atoms. The van der Waals surface area contributed by atoms with Crippen LogP contribution in [0.2, 0.25) is 0 Å². The van der Waals surface area contributed by atoms with Crippen LogP contribution in [0.5, 0.6) is 0 Å². The summed E-state index contributed by atoms with van der Waals surface area (Å²) in [6.45, 7) is 2.61. The van der Waals surface area contributed by atoms with Gasteiger partial charge in [0.25, 0.3) is 0 Å². The van der Waals surface area contributed by atoms with Gasteiger partial charge in [-0.3, -0.25) is 9.59 Å². The van der Waals surface area contributed by atoms with Crippen LogP contribution in [0.15, 0.2) is 18.2 Å². The fourth-order valence-corrected chi connectivity index (χ4v) is 1.30. The Kier molecular flexibility index (Phi) is 6.52. The van der Waals surface area contributed by atoms with E-state index in [1.807, 2.05) is 0 Å². The van der Waals surface area contributed by atoms with E-state index in [9.17, 15) is 14.4 Å². The molecular weight excluding hydrogens is 431 g/mol. The summed E-state index contributed by atoms with van der Waals surface area (Å²) in [6, 6.07) is 4.17. The average Bonchev–Trinajstić information content (AvgIpc) is 2.15. The van der Waals surface area contributed by atoms with Crippen LogP contribution in [0.25, 0.3) is 0 Å². The van der Waals surface area contributed by atoms with Crippen molar-refractivity contribution in [3.63, 3.8) is 0 Å². The monoisotopic (exact) mass is 444 g/mol. The number of carbonyl (C=O) groups is 3. The van der Waals surface area contributed by atoms with Crippen LogP contribution < -0.4 is 10.6 Å². The zero-order valence-corrected chi connectivity index (χ0v) is 13.8. The second kappa shape index (κ2) is 7.09. The molecule has 0 aliphatic carbocycles. The molecule has 18 heavy (non-hydrogen) atoms. The second-order valence-electron chi connectivity index (χ2n) is 3.43. The normalized spacial score (nSPS) is 9.00. The van der Waals surface area contributed by atoms with E-state index < -0.39 is 5.97 Å². The van der Waals surface area contributed by atoms with Crippen LogP contribution in [0.3, 0.4) is 0 Å². The summed E-state index contributed by atoms with van der Waals surface area (Å²) < 4.78 is 0. The molecule has 1 aromatic rings. The first-order valence-electron chi connectivity index (χ1n) is 4.82. The van der Waals surface area contributed by atoms with E-state index in [-0.39, 0.29) is 50.4 Å². The molecule has 3 N–H and O–H groups in total. The van der Waals surface area contributed by atoms with Gasteiger partial charge in [0.05, 0.1) is 11.3 Å². The maximum atomic E-state index is 10.9. The van der Waals surface area contributed by atoms with Gasteiger partial charge in [-0.2, -0.15) is 0 Å². The quantitative estimate of drug-likeness (QED) is 0.606. The fourth-order valence-electron chi connectivity index (χ4n) is 1.30. The Morgan fingerprint density at radius 2 is 1.61 bits per heavy atom. The van der Waals surface area contributed by atoms with Gasteiger partial charge in [-0.15, -0.1) is 0 Å². The summed E-state index contributed by atoms with van der Waals surface area (Å²) in [6.07, 6.45) is 0. The van der Waals surface area contributed by atoms with Gasteiger partial charge < -0.3 is 15.7 Å². The van der Waals surface area contributed by atoms with Gasteiger partial charge in [-0.1, -0.05) is 0 Å². The van der Waals surface area contributed by atoms with E-state index in [2.05, 4.69) is 10.6 Å². The molecular formula is C11H12N2O4Pb. The van der Waals surface area contributed by atoms with Gasteiger partial charge in [-0.25, -0.2) is 4.79 Å².